The average molecular weight is 299 g/mol. The summed E-state index contributed by atoms with van der Waals surface area (Å²) in [5.41, 5.74) is 0. The van der Waals surface area contributed by atoms with Gasteiger partial charge in [-0.2, -0.15) is 0 Å². The molecule has 21 heavy (non-hydrogen) atoms. The number of nitrogens with zero attached hydrogens (tertiary/aromatic N) is 1. The van der Waals surface area contributed by atoms with Crippen molar-refractivity contribution in [1.29, 1.82) is 0 Å². The second-order valence-electron chi connectivity index (χ2n) is 6.60. The predicted molar refractivity (Wildman–Crippen MR) is 92.8 cm³/mol. The number of unbranched alkanes of at least 4 members (excludes halogenated alkanes) is 1. The van der Waals surface area contributed by atoms with Gasteiger partial charge in [-0.15, -0.1) is 0 Å². The Morgan fingerprint density at radius 1 is 1.10 bits per heavy atom. The van der Waals surface area contributed by atoms with Crippen molar-refractivity contribution in [2.45, 2.75) is 72.6 Å². The van der Waals surface area contributed by atoms with Crippen LogP contribution in [-0.4, -0.2) is 43.4 Å². The monoisotopic (exact) mass is 298 g/mol. The quantitative estimate of drug-likeness (QED) is 0.858. The highest BCUT2D eigenvalue weighted by molar-refractivity contribution is 5.72. The van der Waals surface area contributed by atoms with Crippen LogP contribution in [0, 0.1) is 5.92 Å². The second kappa shape index (κ2) is 14.5. The summed E-state index contributed by atoms with van der Waals surface area (Å²) >= 11 is 0. The summed E-state index contributed by atoms with van der Waals surface area (Å²) in [5.74, 6) is 1.20. The van der Waals surface area contributed by atoms with Gasteiger partial charge in [-0.25, -0.2) is 0 Å². The Labute approximate surface area is 132 Å². The summed E-state index contributed by atoms with van der Waals surface area (Å²) in [7, 11) is 0. The molecule has 126 valence electrons. The molecule has 1 saturated carbocycles. The molecular formula is C18H38N2O. The third kappa shape index (κ3) is 15.8. The van der Waals surface area contributed by atoms with E-state index >= 15 is 0 Å². The standard InChI is InChI=1S/C8H18N2.C7H14.C3H6O/c1-2-3-6-10-7-4-9-5-8-10;1-7-5-3-2-4-6-7;1-3(2)4/h9H,2-8H2,1H3;7H,2-6H2,1H3;1-2H3. The van der Waals surface area contributed by atoms with Gasteiger partial charge in [-0.3, -0.25) is 0 Å². The first-order valence-electron chi connectivity index (χ1n) is 8.96. The maximum atomic E-state index is 9.44. The smallest absolute Gasteiger partial charge is 0.126 e. The largest absolute Gasteiger partial charge is 0.314 e. The first-order valence-corrected chi connectivity index (χ1v) is 8.96. The number of Topliss-reactive ketones (excluding diaryl/α,β-unsaturated/α-hetero) is 1. The molecule has 2 fully saturated rings. The van der Waals surface area contributed by atoms with E-state index in [2.05, 4.69) is 24.1 Å². The number of hydrogen-bond acceptors (Lipinski definition) is 3. The summed E-state index contributed by atoms with van der Waals surface area (Å²) in [4.78, 5) is 12.0. The number of piperazine rings is 1. The molecule has 1 heterocycles. The van der Waals surface area contributed by atoms with Gasteiger partial charge in [-0.1, -0.05) is 52.4 Å². The van der Waals surface area contributed by atoms with E-state index in [-0.39, 0.29) is 5.78 Å². The van der Waals surface area contributed by atoms with Gasteiger partial charge in [0, 0.05) is 26.2 Å². The van der Waals surface area contributed by atoms with Crippen molar-refractivity contribution in [3.8, 4) is 0 Å². The zero-order valence-corrected chi connectivity index (χ0v) is 14.9. The van der Waals surface area contributed by atoms with Crippen LogP contribution in [-0.2, 0) is 4.79 Å². The highest BCUT2D eigenvalue weighted by atomic mass is 16.1. The molecule has 2 rings (SSSR count). The van der Waals surface area contributed by atoms with Crippen molar-refractivity contribution in [1.82, 2.24) is 10.2 Å². The third-order valence-electron chi connectivity index (χ3n) is 3.93. The number of nitrogens with one attached hydrogen (secondary N) is 1. The lowest BCUT2D eigenvalue weighted by Crippen LogP contribution is -2.43. The van der Waals surface area contributed by atoms with Crippen molar-refractivity contribution in [2.75, 3.05) is 32.7 Å². The molecule has 1 aliphatic carbocycles. The van der Waals surface area contributed by atoms with E-state index in [1.54, 1.807) is 0 Å². The normalized spacial score (nSPS) is 19.8. The number of carbonyl (C=O) groups excluding carboxylic acids is 1. The minimum atomic E-state index is 0.167. The van der Waals surface area contributed by atoms with Crippen molar-refractivity contribution in [3.05, 3.63) is 0 Å². The lowest BCUT2D eigenvalue weighted by atomic mass is 9.91. The molecule has 2 aliphatic rings. The Hall–Kier alpha value is -0.410. The van der Waals surface area contributed by atoms with Gasteiger partial charge in [0.05, 0.1) is 0 Å². The van der Waals surface area contributed by atoms with Crippen LogP contribution in [0.15, 0.2) is 0 Å². The fraction of sp³-hybridized carbons (Fsp3) is 0.944. The summed E-state index contributed by atoms with van der Waals surface area (Å²) in [6.07, 6.45) is 10.1. The van der Waals surface area contributed by atoms with Crippen LogP contribution in [0.2, 0.25) is 0 Å². The molecule has 0 bridgehead atoms. The van der Waals surface area contributed by atoms with Gasteiger partial charge in [0.2, 0.25) is 0 Å². The molecule has 1 saturated heterocycles. The summed E-state index contributed by atoms with van der Waals surface area (Å²) in [5, 5.41) is 3.35. The summed E-state index contributed by atoms with van der Waals surface area (Å²) in [6.45, 7) is 13.8. The maximum absolute atomic E-state index is 9.44. The van der Waals surface area contributed by atoms with Crippen LogP contribution >= 0.6 is 0 Å². The highest BCUT2D eigenvalue weighted by Crippen LogP contribution is 2.22. The Morgan fingerprint density at radius 2 is 1.62 bits per heavy atom. The molecule has 3 nitrogen and oxygen atoms in total. The number of ketones is 1. The second-order valence-corrected chi connectivity index (χ2v) is 6.60. The molecular weight excluding hydrogens is 260 g/mol. The average Bonchev–Trinajstić information content (AvgIpc) is 2.47. The Morgan fingerprint density at radius 3 is 2.00 bits per heavy atom. The van der Waals surface area contributed by atoms with Crippen LogP contribution in [0.4, 0.5) is 0 Å². The van der Waals surface area contributed by atoms with Gasteiger partial charge in [0.25, 0.3) is 0 Å². The molecule has 0 aromatic heterocycles. The van der Waals surface area contributed by atoms with Crippen LogP contribution in [0.5, 0.6) is 0 Å². The van der Waals surface area contributed by atoms with Gasteiger partial charge >= 0.3 is 0 Å². The summed E-state index contributed by atoms with van der Waals surface area (Å²) in [6, 6.07) is 0. The van der Waals surface area contributed by atoms with E-state index in [1.165, 1.54) is 91.5 Å². The third-order valence-corrected chi connectivity index (χ3v) is 3.93. The first kappa shape index (κ1) is 20.6. The van der Waals surface area contributed by atoms with Crippen LogP contribution in [0.1, 0.15) is 72.6 Å². The molecule has 3 heteroatoms. The minimum absolute atomic E-state index is 0.167. The van der Waals surface area contributed by atoms with Gasteiger partial charge < -0.3 is 15.0 Å². The van der Waals surface area contributed by atoms with Crippen molar-refractivity contribution >= 4 is 5.78 Å². The van der Waals surface area contributed by atoms with Gasteiger partial charge in [0.15, 0.2) is 0 Å². The van der Waals surface area contributed by atoms with Crippen molar-refractivity contribution in [2.24, 2.45) is 5.92 Å². The number of rotatable bonds is 3. The lowest BCUT2D eigenvalue weighted by Gasteiger charge is -2.26. The fourth-order valence-electron chi connectivity index (χ4n) is 2.62. The molecule has 0 atom stereocenters. The summed E-state index contributed by atoms with van der Waals surface area (Å²) < 4.78 is 0. The molecule has 0 aromatic rings. The van der Waals surface area contributed by atoms with Gasteiger partial charge in [-0.05, 0) is 32.7 Å². The fourth-order valence-corrected chi connectivity index (χ4v) is 2.62. The Bertz CT molecular complexity index is 227. The Kier molecular flexibility index (Phi) is 14.2. The van der Waals surface area contributed by atoms with E-state index in [4.69, 9.17) is 0 Å². The van der Waals surface area contributed by atoms with E-state index in [1.807, 2.05) is 0 Å². The van der Waals surface area contributed by atoms with E-state index in [0.717, 1.165) is 5.92 Å². The predicted octanol–water partition coefficient (Wildman–Crippen LogP) is 3.87. The Balaban J connectivity index is 0.000000317. The first-order chi connectivity index (χ1) is 10.1. The molecule has 0 unspecified atom stereocenters. The van der Waals surface area contributed by atoms with E-state index in [0.29, 0.717) is 0 Å². The minimum Gasteiger partial charge on any atom is -0.314 e. The highest BCUT2D eigenvalue weighted by Gasteiger charge is 2.07. The molecule has 0 radical (unpaired) electrons. The van der Waals surface area contributed by atoms with Crippen LogP contribution < -0.4 is 5.32 Å². The van der Waals surface area contributed by atoms with Crippen molar-refractivity contribution < 1.29 is 4.79 Å². The van der Waals surface area contributed by atoms with Crippen molar-refractivity contribution in [3.63, 3.8) is 0 Å². The molecule has 1 aliphatic heterocycles. The topological polar surface area (TPSA) is 32.3 Å². The van der Waals surface area contributed by atoms with E-state index in [9.17, 15) is 4.79 Å². The SMILES string of the molecule is CC(C)=O.CC1CCCCC1.CCCCN1CCNCC1. The van der Waals surface area contributed by atoms with Gasteiger partial charge in [0.1, 0.15) is 5.78 Å². The zero-order chi connectivity index (χ0) is 15.9. The number of carbonyl (C=O) groups is 1. The molecule has 0 amide bonds. The van der Waals surface area contributed by atoms with Crippen LogP contribution in [0.25, 0.3) is 0 Å². The maximum Gasteiger partial charge on any atom is 0.126 e. The molecule has 0 aromatic carbocycles. The van der Waals surface area contributed by atoms with E-state index < -0.39 is 0 Å². The zero-order valence-electron chi connectivity index (χ0n) is 14.9. The molecule has 1 N–H and O–H groups in total. The molecule has 0 spiro atoms. The van der Waals surface area contributed by atoms with Crippen LogP contribution in [0.3, 0.4) is 0 Å². The lowest BCUT2D eigenvalue weighted by molar-refractivity contribution is -0.114. The number of hydrogen-bond donors (Lipinski definition) is 1.